The van der Waals surface area contributed by atoms with Gasteiger partial charge in [0.1, 0.15) is 0 Å². The highest BCUT2D eigenvalue weighted by Crippen LogP contribution is 2.50. The van der Waals surface area contributed by atoms with Crippen LogP contribution in [0.5, 0.6) is 0 Å². The van der Waals surface area contributed by atoms with Gasteiger partial charge in [0.05, 0.1) is 11.0 Å². The fourth-order valence-corrected chi connectivity index (χ4v) is 6.29. The number of halogens is 1. The molecule has 0 spiro atoms. The van der Waals surface area contributed by atoms with E-state index < -0.39 is 0 Å². The first-order valence-corrected chi connectivity index (χ1v) is 13.9. The van der Waals surface area contributed by atoms with Crippen LogP contribution < -0.4 is 0 Å². The summed E-state index contributed by atoms with van der Waals surface area (Å²) in [6.07, 6.45) is 0. The molecule has 37 heavy (non-hydrogen) atoms. The van der Waals surface area contributed by atoms with Crippen molar-refractivity contribution in [3.63, 3.8) is 0 Å². The zero-order valence-corrected chi connectivity index (χ0v) is 23.3. The Morgan fingerprint density at radius 3 is 1.95 bits per heavy atom. The summed E-state index contributed by atoms with van der Waals surface area (Å²) in [5.41, 5.74) is 11.6. The van der Waals surface area contributed by atoms with Crippen LogP contribution in [0, 0.1) is 0 Å². The quantitative estimate of drug-likeness (QED) is 0.204. The second-order valence-electron chi connectivity index (χ2n) is 10.00. The van der Waals surface area contributed by atoms with E-state index in [2.05, 4.69) is 144 Å². The summed E-state index contributed by atoms with van der Waals surface area (Å²) in [7, 11) is 0. The Hall–Kier alpha value is -3.62. The number of rotatable bonds is 2. The SMILES string of the molecule is CC.CC1(C)c2ccc(Br)cc2-c2cc(-c3ccc4c5ccccc5n(-c5ccccc5)c4c3)ccc21. The molecule has 1 heterocycles. The highest BCUT2D eigenvalue weighted by molar-refractivity contribution is 9.10. The van der Waals surface area contributed by atoms with Crippen LogP contribution in [-0.2, 0) is 5.41 Å². The van der Waals surface area contributed by atoms with E-state index in [1.54, 1.807) is 0 Å². The molecule has 0 N–H and O–H groups in total. The Balaban J connectivity index is 0.00000123. The standard InChI is InChI=1S/C33H24BrN.C2H6/c1-33(2)29-16-13-21(18-27(29)28-20-23(34)14-17-30(28)33)22-12-15-26-25-10-6-7-11-31(25)35(32(26)19-22)24-8-4-3-5-9-24;1-2/h3-20H,1-2H3;1-2H3. The van der Waals surface area contributed by atoms with Crippen LogP contribution in [0.4, 0.5) is 0 Å². The molecule has 0 bridgehead atoms. The predicted octanol–water partition coefficient (Wildman–Crippen LogP) is 10.5. The summed E-state index contributed by atoms with van der Waals surface area (Å²) in [6.45, 7) is 8.66. The normalized spacial score (nSPS) is 13.2. The van der Waals surface area contributed by atoms with E-state index in [4.69, 9.17) is 0 Å². The summed E-state index contributed by atoms with van der Waals surface area (Å²) in [5, 5.41) is 2.57. The summed E-state index contributed by atoms with van der Waals surface area (Å²) in [4.78, 5) is 0. The second-order valence-corrected chi connectivity index (χ2v) is 10.9. The maximum Gasteiger partial charge on any atom is 0.0547 e. The molecule has 0 aliphatic heterocycles. The molecule has 5 aromatic carbocycles. The molecule has 1 nitrogen and oxygen atoms in total. The first-order valence-electron chi connectivity index (χ1n) is 13.1. The minimum Gasteiger partial charge on any atom is -0.309 e. The average molecular weight is 545 g/mol. The van der Waals surface area contributed by atoms with Crippen molar-refractivity contribution in [2.24, 2.45) is 0 Å². The van der Waals surface area contributed by atoms with Crippen LogP contribution in [0.3, 0.4) is 0 Å². The monoisotopic (exact) mass is 543 g/mol. The van der Waals surface area contributed by atoms with Crippen LogP contribution in [0.25, 0.3) is 49.7 Å². The van der Waals surface area contributed by atoms with Gasteiger partial charge >= 0.3 is 0 Å². The largest absolute Gasteiger partial charge is 0.309 e. The lowest BCUT2D eigenvalue weighted by atomic mass is 9.82. The van der Waals surface area contributed by atoms with Gasteiger partial charge in [0, 0.05) is 26.3 Å². The zero-order valence-electron chi connectivity index (χ0n) is 21.7. The first-order chi connectivity index (χ1) is 18.0. The van der Waals surface area contributed by atoms with Crippen LogP contribution in [0.2, 0.25) is 0 Å². The minimum atomic E-state index is 0.00752. The molecule has 0 radical (unpaired) electrons. The molecule has 1 aliphatic rings. The molecule has 7 rings (SSSR count). The summed E-state index contributed by atoms with van der Waals surface area (Å²) in [5.74, 6) is 0. The maximum absolute atomic E-state index is 3.69. The van der Waals surface area contributed by atoms with Crippen LogP contribution in [0.1, 0.15) is 38.8 Å². The van der Waals surface area contributed by atoms with E-state index in [0.29, 0.717) is 0 Å². The third-order valence-electron chi connectivity index (χ3n) is 7.66. The zero-order chi connectivity index (χ0) is 25.7. The fraction of sp³-hybridized carbons (Fsp3) is 0.143. The van der Waals surface area contributed by atoms with Gasteiger partial charge in [-0.3, -0.25) is 0 Å². The Morgan fingerprint density at radius 2 is 1.16 bits per heavy atom. The summed E-state index contributed by atoms with van der Waals surface area (Å²) < 4.78 is 3.51. The third-order valence-corrected chi connectivity index (χ3v) is 8.15. The van der Waals surface area contributed by atoms with Gasteiger partial charge in [0.25, 0.3) is 0 Å². The molecule has 0 unspecified atom stereocenters. The fourth-order valence-electron chi connectivity index (χ4n) is 5.93. The molecule has 0 saturated heterocycles. The van der Waals surface area contributed by atoms with Gasteiger partial charge in [0.15, 0.2) is 0 Å². The number of hydrogen-bond acceptors (Lipinski definition) is 0. The van der Waals surface area contributed by atoms with E-state index in [1.807, 2.05) is 13.8 Å². The lowest BCUT2D eigenvalue weighted by Gasteiger charge is -2.21. The maximum atomic E-state index is 3.69. The van der Waals surface area contributed by atoms with E-state index in [1.165, 1.54) is 60.9 Å². The van der Waals surface area contributed by atoms with Crippen molar-refractivity contribution in [1.82, 2.24) is 4.57 Å². The molecule has 0 amide bonds. The molecular formula is C35H30BrN. The Labute approximate surface area is 227 Å². The lowest BCUT2D eigenvalue weighted by Crippen LogP contribution is -2.14. The Kier molecular flexibility index (Phi) is 5.81. The van der Waals surface area contributed by atoms with Crippen molar-refractivity contribution in [2.75, 3.05) is 0 Å². The lowest BCUT2D eigenvalue weighted by molar-refractivity contribution is 0.660. The Morgan fingerprint density at radius 1 is 0.568 bits per heavy atom. The molecular weight excluding hydrogens is 514 g/mol. The van der Waals surface area contributed by atoms with E-state index >= 15 is 0 Å². The number of aromatic nitrogens is 1. The average Bonchev–Trinajstić information content (AvgIpc) is 3.38. The van der Waals surface area contributed by atoms with Crippen LogP contribution in [-0.4, -0.2) is 4.57 Å². The number of para-hydroxylation sites is 2. The van der Waals surface area contributed by atoms with Crippen molar-refractivity contribution in [1.29, 1.82) is 0 Å². The van der Waals surface area contributed by atoms with E-state index in [9.17, 15) is 0 Å². The highest BCUT2D eigenvalue weighted by atomic mass is 79.9. The van der Waals surface area contributed by atoms with E-state index in [0.717, 1.165) is 4.47 Å². The van der Waals surface area contributed by atoms with Gasteiger partial charge in [-0.15, -0.1) is 0 Å². The molecule has 1 aromatic heterocycles. The Bertz CT molecular complexity index is 1770. The van der Waals surface area contributed by atoms with Gasteiger partial charge in [-0.25, -0.2) is 0 Å². The minimum absolute atomic E-state index is 0.00752. The summed E-state index contributed by atoms with van der Waals surface area (Å²) >= 11 is 3.69. The van der Waals surface area contributed by atoms with Crippen molar-refractivity contribution in [3.8, 4) is 27.9 Å². The van der Waals surface area contributed by atoms with Crippen molar-refractivity contribution in [3.05, 3.63) is 125 Å². The molecule has 0 saturated carbocycles. The smallest absolute Gasteiger partial charge is 0.0547 e. The van der Waals surface area contributed by atoms with Gasteiger partial charge in [-0.1, -0.05) is 110 Å². The van der Waals surface area contributed by atoms with Crippen molar-refractivity contribution >= 4 is 37.7 Å². The van der Waals surface area contributed by atoms with Crippen molar-refractivity contribution in [2.45, 2.75) is 33.1 Å². The number of benzene rings is 5. The number of nitrogens with zero attached hydrogens (tertiary/aromatic N) is 1. The van der Waals surface area contributed by atoms with Gasteiger partial charge in [-0.2, -0.15) is 0 Å². The third kappa shape index (κ3) is 3.66. The first kappa shape index (κ1) is 23.8. The summed E-state index contributed by atoms with van der Waals surface area (Å²) in [6, 6.07) is 40.0. The van der Waals surface area contributed by atoms with Gasteiger partial charge < -0.3 is 4.57 Å². The molecule has 182 valence electrons. The molecule has 6 aromatic rings. The molecule has 1 aliphatic carbocycles. The van der Waals surface area contributed by atoms with Gasteiger partial charge in [-0.05, 0) is 75.8 Å². The van der Waals surface area contributed by atoms with Crippen LogP contribution >= 0.6 is 15.9 Å². The molecule has 2 heteroatoms. The molecule has 0 fully saturated rings. The predicted molar refractivity (Wildman–Crippen MR) is 163 cm³/mol. The second kappa shape index (κ2) is 9.04. The number of fused-ring (bicyclic) bond motifs is 6. The van der Waals surface area contributed by atoms with Crippen molar-refractivity contribution < 1.29 is 0 Å². The number of hydrogen-bond donors (Lipinski definition) is 0. The topological polar surface area (TPSA) is 4.93 Å². The molecule has 0 atom stereocenters. The van der Waals surface area contributed by atoms with Gasteiger partial charge in [0.2, 0.25) is 0 Å². The van der Waals surface area contributed by atoms with Crippen LogP contribution in [0.15, 0.2) is 114 Å². The van der Waals surface area contributed by atoms with E-state index in [-0.39, 0.29) is 5.41 Å². The highest BCUT2D eigenvalue weighted by Gasteiger charge is 2.35.